The van der Waals surface area contributed by atoms with Gasteiger partial charge in [0.25, 0.3) is 5.91 Å². The molecule has 1 amide bonds. The van der Waals surface area contributed by atoms with Crippen LogP contribution in [-0.2, 0) is 6.42 Å². The lowest BCUT2D eigenvalue weighted by Crippen LogP contribution is -2.39. The minimum Gasteiger partial charge on any atom is -0.325 e. The first kappa shape index (κ1) is 16.5. The van der Waals surface area contributed by atoms with E-state index in [1.165, 1.54) is 15.3 Å². The zero-order valence-corrected chi connectivity index (χ0v) is 16.1. The van der Waals surface area contributed by atoms with Crippen LogP contribution in [0.4, 0.5) is 0 Å². The van der Waals surface area contributed by atoms with E-state index < -0.39 is 0 Å². The molecule has 0 fully saturated rings. The molecule has 0 unspecified atom stereocenters. The Hall–Kier alpha value is -2.70. The largest absolute Gasteiger partial charge is 0.325 e. The first-order valence-electron chi connectivity index (χ1n) is 8.83. The van der Waals surface area contributed by atoms with Gasteiger partial charge in [-0.25, -0.2) is 0 Å². The molecule has 27 heavy (non-hydrogen) atoms. The average Bonchev–Trinajstić information content (AvgIpc) is 3.48. The maximum atomic E-state index is 13.3. The summed E-state index contributed by atoms with van der Waals surface area (Å²) in [5, 5.41) is 11.5. The van der Waals surface area contributed by atoms with Gasteiger partial charge in [0.15, 0.2) is 0 Å². The van der Waals surface area contributed by atoms with E-state index in [1.54, 1.807) is 22.7 Å². The second-order valence-electron chi connectivity index (χ2n) is 6.50. The molecular formula is C21H17N3OS2. The van der Waals surface area contributed by atoms with Crippen molar-refractivity contribution in [2.75, 3.05) is 6.54 Å². The zero-order valence-electron chi connectivity index (χ0n) is 14.5. The molecule has 0 bridgehead atoms. The first-order valence-corrected chi connectivity index (χ1v) is 10.6. The van der Waals surface area contributed by atoms with Crippen molar-refractivity contribution in [3.8, 4) is 11.3 Å². The Labute approximate surface area is 165 Å². The Morgan fingerprint density at radius 1 is 1.07 bits per heavy atom. The van der Waals surface area contributed by atoms with Gasteiger partial charge in [0, 0.05) is 21.9 Å². The normalized spacial score (nSPS) is 16.3. The van der Waals surface area contributed by atoms with Crippen LogP contribution in [0.2, 0.25) is 0 Å². The number of thiophene rings is 2. The van der Waals surface area contributed by atoms with Gasteiger partial charge >= 0.3 is 0 Å². The summed E-state index contributed by atoms with van der Waals surface area (Å²) in [4.78, 5) is 17.9. The van der Waals surface area contributed by atoms with Crippen molar-refractivity contribution >= 4 is 28.6 Å². The standard InChI is InChI=1S/C21H17N3OS2/c25-21(17-13-16(22-23-17)14-5-2-1-3-6-14)24-10-8-18-15(9-12-27-18)20(24)19-7-4-11-26-19/h1-7,9,11-13,20H,8,10H2,(H,22,23)/t20-/m0/s1. The van der Waals surface area contributed by atoms with Crippen LogP contribution in [0.5, 0.6) is 0 Å². The highest BCUT2D eigenvalue weighted by atomic mass is 32.1. The van der Waals surface area contributed by atoms with E-state index in [1.807, 2.05) is 47.4 Å². The summed E-state index contributed by atoms with van der Waals surface area (Å²) in [6, 6.07) is 18.1. The van der Waals surface area contributed by atoms with Gasteiger partial charge in [-0.2, -0.15) is 5.10 Å². The van der Waals surface area contributed by atoms with Crippen molar-refractivity contribution in [2.45, 2.75) is 12.5 Å². The molecule has 0 saturated heterocycles. The van der Waals surface area contributed by atoms with Crippen molar-refractivity contribution in [1.29, 1.82) is 0 Å². The molecule has 1 aliphatic rings. The Morgan fingerprint density at radius 2 is 1.96 bits per heavy atom. The summed E-state index contributed by atoms with van der Waals surface area (Å²) in [5.41, 5.74) is 3.58. The maximum absolute atomic E-state index is 13.3. The minimum absolute atomic E-state index is 0.0000638. The van der Waals surface area contributed by atoms with Gasteiger partial charge in [-0.05, 0) is 40.9 Å². The number of nitrogens with zero attached hydrogens (tertiary/aromatic N) is 2. The summed E-state index contributed by atoms with van der Waals surface area (Å²) in [7, 11) is 0. The van der Waals surface area contributed by atoms with Gasteiger partial charge in [0.2, 0.25) is 0 Å². The fraction of sp³-hybridized carbons (Fsp3) is 0.143. The van der Waals surface area contributed by atoms with Crippen LogP contribution in [0, 0.1) is 0 Å². The van der Waals surface area contributed by atoms with E-state index in [9.17, 15) is 4.79 Å². The van der Waals surface area contributed by atoms with Crippen LogP contribution in [-0.4, -0.2) is 27.5 Å². The molecule has 4 nitrogen and oxygen atoms in total. The lowest BCUT2D eigenvalue weighted by molar-refractivity contribution is 0.0692. The summed E-state index contributed by atoms with van der Waals surface area (Å²) in [6.07, 6.45) is 0.903. The number of amides is 1. The number of nitrogens with one attached hydrogen (secondary N) is 1. The van der Waals surface area contributed by atoms with Crippen molar-refractivity contribution in [1.82, 2.24) is 15.1 Å². The fourth-order valence-electron chi connectivity index (χ4n) is 3.63. The molecule has 1 aliphatic heterocycles. The monoisotopic (exact) mass is 391 g/mol. The topological polar surface area (TPSA) is 49.0 Å². The van der Waals surface area contributed by atoms with Crippen LogP contribution in [0.1, 0.15) is 31.8 Å². The van der Waals surface area contributed by atoms with Crippen LogP contribution in [0.3, 0.4) is 0 Å². The Kier molecular flexibility index (Phi) is 4.14. The molecule has 1 atom stereocenters. The minimum atomic E-state index is -0.0176. The smallest absolute Gasteiger partial charge is 0.272 e. The van der Waals surface area contributed by atoms with Crippen molar-refractivity contribution < 1.29 is 4.79 Å². The molecule has 0 spiro atoms. The third-order valence-electron chi connectivity index (χ3n) is 4.92. The molecule has 5 rings (SSSR count). The van der Waals surface area contributed by atoms with Gasteiger partial charge in [-0.15, -0.1) is 22.7 Å². The number of carbonyl (C=O) groups excluding carboxylic acids is 1. The lowest BCUT2D eigenvalue weighted by Gasteiger charge is -2.35. The Bertz CT molecular complexity index is 1070. The SMILES string of the molecule is O=C(c1cc(-c2ccccc2)n[nH]1)N1CCc2sccc2[C@H]1c1cccs1. The van der Waals surface area contributed by atoms with Crippen LogP contribution in [0.15, 0.2) is 65.4 Å². The average molecular weight is 392 g/mol. The van der Waals surface area contributed by atoms with Crippen LogP contribution >= 0.6 is 22.7 Å². The van der Waals surface area contributed by atoms with Crippen molar-refractivity contribution in [2.24, 2.45) is 0 Å². The summed E-state index contributed by atoms with van der Waals surface area (Å²) >= 11 is 3.48. The second kappa shape index (κ2) is 6.79. The molecule has 134 valence electrons. The predicted octanol–water partition coefficient (Wildman–Crippen LogP) is 4.99. The number of H-pyrrole nitrogens is 1. The highest BCUT2D eigenvalue weighted by molar-refractivity contribution is 7.10. The van der Waals surface area contributed by atoms with E-state index in [-0.39, 0.29) is 11.9 Å². The molecule has 1 N–H and O–H groups in total. The molecule has 0 saturated carbocycles. The third kappa shape index (κ3) is 2.91. The Morgan fingerprint density at radius 3 is 2.78 bits per heavy atom. The van der Waals surface area contributed by atoms with Gasteiger partial charge < -0.3 is 4.90 Å². The van der Waals surface area contributed by atoms with E-state index in [0.717, 1.165) is 17.7 Å². The van der Waals surface area contributed by atoms with Gasteiger partial charge in [-0.3, -0.25) is 9.89 Å². The predicted molar refractivity (Wildman–Crippen MR) is 109 cm³/mol. The highest BCUT2D eigenvalue weighted by Gasteiger charge is 2.34. The molecule has 0 radical (unpaired) electrons. The second-order valence-corrected chi connectivity index (χ2v) is 8.48. The quantitative estimate of drug-likeness (QED) is 0.535. The number of hydrogen-bond donors (Lipinski definition) is 1. The van der Waals surface area contributed by atoms with E-state index >= 15 is 0 Å². The van der Waals surface area contributed by atoms with Crippen LogP contribution < -0.4 is 0 Å². The van der Waals surface area contributed by atoms with Gasteiger partial charge in [-0.1, -0.05) is 36.4 Å². The number of aromatic nitrogens is 2. The molecular weight excluding hydrogens is 374 g/mol. The van der Waals surface area contributed by atoms with E-state index in [4.69, 9.17) is 0 Å². The third-order valence-corrected chi connectivity index (χ3v) is 6.84. The molecule has 6 heteroatoms. The number of rotatable bonds is 3. The molecule has 0 aliphatic carbocycles. The summed E-state index contributed by atoms with van der Waals surface area (Å²) < 4.78 is 0. The van der Waals surface area contributed by atoms with Gasteiger partial charge in [0.05, 0.1) is 11.7 Å². The molecule has 1 aromatic carbocycles. The molecule has 4 heterocycles. The fourth-order valence-corrected chi connectivity index (χ4v) is 5.39. The zero-order chi connectivity index (χ0) is 18.2. The Balaban J connectivity index is 1.50. The number of hydrogen-bond acceptors (Lipinski definition) is 4. The first-order chi connectivity index (χ1) is 13.3. The maximum Gasteiger partial charge on any atom is 0.272 e. The number of aromatic amines is 1. The number of fused-ring (bicyclic) bond motifs is 1. The van der Waals surface area contributed by atoms with Gasteiger partial charge in [0.1, 0.15) is 5.69 Å². The van der Waals surface area contributed by atoms with Crippen molar-refractivity contribution in [3.05, 3.63) is 86.4 Å². The molecule has 3 aromatic heterocycles. The highest BCUT2D eigenvalue weighted by Crippen LogP contribution is 2.40. The summed E-state index contributed by atoms with van der Waals surface area (Å²) in [6.45, 7) is 0.717. The summed E-state index contributed by atoms with van der Waals surface area (Å²) in [5.74, 6) is -0.0000638. The molecule has 4 aromatic rings. The van der Waals surface area contributed by atoms with Crippen LogP contribution in [0.25, 0.3) is 11.3 Å². The number of carbonyl (C=O) groups is 1. The van der Waals surface area contributed by atoms with E-state index in [2.05, 4.69) is 33.1 Å². The number of benzene rings is 1. The van der Waals surface area contributed by atoms with Crippen molar-refractivity contribution in [3.63, 3.8) is 0 Å². The lowest BCUT2D eigenvalue weighted by atomic mass is 9.98. The van der Waals surface area contributed by atoms with E-state index in [0.29, 0.717) is 12.2 Å².